The lowest BCUT2D eigenvalue weighted by Gasteiger charge is -2.22. The molecule has 0 atom stereocenters. The van der Waals surface area contributed by atoms with Crippen molar-refractivity contribution in [3.05, 3.63) is 77.9 Å². The van der Waals surface area contributed by atoms with Crippen LogP contribution in [0, 0.1) is 0 Å². The standard InChI is InChI=1S/C27H18B5N/c1-27(2)19-6-4-3-5-17(19)18-12-11-16(13-20(18)27)33-15-9-7-14(8-10-15)21-22(28)24(30)26(32)25(31)23(21)29/h3-13,33H,1-2H3. The van der Waals surface area contributed by atoms with E-state index < -0.39 is 0 Å². The predicted octanol–water partition coefficient (Wildman–Crippen LogP) is 1.37. The molecule has 5 rings (SSSR count). The second-order valence-electron chi connectivity index (χ2n) is 9.08. The first-order chi connectivity index (χ1) is 15.7. The Morgan fingerprint density at radius 2 is 1.12 bits per heavy atom. The largest absolute Gasteiger partial charge is 0.356 e. The summed E-state index contributed by atoms with van der Waals surface area (Å²) in [5.41, 5.74) is 10.0. The monoisotopic (exact) mass is 411 g/mol. The van der Waals surface area contributed by atoms with Crippen LogP contribution in [-0.2, 0) is 5.41 Å². The van der Waals surface area contributed by atoms with Crippen molar-refractivity contribution in [1.29, 1.82) is 0 Å². The van der Waals surface area contributed by atoms with Gasteiger partial charge in [-0.25, -0.2) is 0 Å². The summed E-state index contributed by atoms with van der Waals surface area (Å²) in [6.45, 7) is 4.55. The van der Waals surface area contributed by atoms with Gasteiger partial charge in [0.15, 0.2) is 0 Å². The molecule has 33 heavy (non-hydrogen) atoms. The highest BCUT2D eigenvalue weighted by Gasteiger charge is 2.35. The SMILES string of the molecule is [B]c1c([B])c([B])c(-c2ccc(Nc3ccc4c(c3)C(C)(C)c3ccccc3-4)cc2)c([B])c1[B]. The second kappa shape index (κ2) is 7.80. The van der Waals surface area contributed by atoms with Crippen LogP contribution in [0.15, 0.2) is 66.7 Å². The fourth-order valence-electron chi connectivity index (χ4n) is 4.83. The van der Waals surface area contributed by atoms with Crippen molar-refractivity contribution < 1.29 is 0 Å². The minimum absolute atomic E-state index is 0.0441. The number of hydrogen-bond acceptors (Lipinski definition) is 1. The van der Waals surface area contributed by atoms with Crippen LogP contribution in [0.4, 0.5) is 11.4 Å². The zero-order valence-electron chi connectivity index (χ0n) is 18.7. The van der Waals surface area contributed by atoms with Crippen molar-refractivity contribution in [3.8, 4) is 22.3 Å². The molecule has 0 heterocycles. The van der Waals surface area contributed by atoms with Crippen molar-refractivity contribution in [3.63, 3.8) is 0 Å². The molecule has 0 fully saturated rings. The van der Waals surface area contributed by atoms with E-state index in [1.807, 2.05) is 24.3 Å². The summed E-state index contributed by atoms with van der Waals surface area (Å²) in [5.74, 6) is 0. The van der Waals surface area contributed by atoms with Crippen LogP contribution >= 0.6 is 0 Å². The van der Waals surface area contributed by atoms with Gasteiger partial charge in [-0.2, -0.15) is 0 Å². The first-order valence-corrected chi connectivity index (χ1v) is 10.8. The highest BCUT2D eigenvalue weighted by molar-refractivity contribution is 6.68. The molecular weight excluding hydrogens is 392 g/mol. The average molecular weight is 411 g/mol. The number of fused-ring (bicyclic) bond motifs is 3. The molecule has 10 radical (unpaired) electrons. The molecule has 4 aromatic rings. The van der Waals surface area contributed by atoms with Crippen LogP contribution in [0.5, 0.6) is 0 Å². The Hall–Kier alpha value is -3.00. The van der Waals surface area contributed by atoms with E-state index in [2.05, 4.69) is 61.6 Å². The van der Waals surface area contributed by atoms with Crippen molar-refractivity contribution in [2.45, 2.75) is 19.3 Å². The van der Waals surface area contributed by atoms with Gasteiger partial charge in [-0.1, -0.05) is 67.2 Å². The van der Waals surface area contributed by atoms with E-state index >= 15 is 0 Å². The fourth-order valence-corrected chi connectivity index (χ4v) is 4.83. The lowest BCUT2D eigenvalue weighted by molar-refractivity contribution is 0.660. The summed E-state index contributed by atoms with van der Waals surface area (Å²) in [4.78, 5) is 0. The molecule has 0 amide bonds. The van der Waals surface area contributed by atoms with Gasteiger partial charge in [-0.15, -0.1) is 16.4 Å². The summed E-state index contributed by atoms with van der Waals surface area (Å²) in [7, 11) is 30.4. The molecule has 0 spiro atoms. The van der Waals surface area contributed by atoms with E-state index in [1.165, 1.54) is 22.3 Å². The highest BCUT2D eigenvalue weighted by Crippen LogP contribution is 2.49. The lowest BCUT2D eigenvalue weighted by atomic mass is 9.60. The Kier molecular flexibility index (Phi) is 5.16. The number of nitrogens with one attached hydrogen (secondary N) is 1. The average Bonchev–Trinajstić information content (AvgIpc) is 3.04. The van der Waals surface area contributed by atoms with Gasteiger partial charge < -0.3 is 5.32 Å². The molecule has 1 nitrogen and oxygen atoms in total. The molecule has 0 aliphatic heterocycles. The number of benzene rings is 4. The Bertz CT molecular complexity index is 1380. The zero-order chi connectivity index (χ0) is 23.5. The van der Waals surface area contributed by atoms with Crippen LogP contribution in [0.25, 0.3) is 22.3 Å². The number of hydrogen-bond donors (Lipinski definition) is 1. The van der Waals surface area contributed by atoms with Gasteiger partial charge in [0, 0.05) is 16.8 Å². The van der Waals surface area contributed by atoms with E-state index in [4.69, 9.17) is 39.2 Å². The van der Waals surface area contributed by atoms with Crippen molar-refractivity contribution in [2.24, 2.45) is 0 Å². The van der Waals surface area contributed by atoms with E-state index in [9.17, 15) is 0 Å². The third-order valence-electron chi connectivity index (χ3n) is 6.75. The van der Waals surface area contributed by atoms with E-state index in [0.29, 0.717) is 16.5 Å². The van der Waals surface area contributed by atoms with E-state index in [0.717, 1.165) is 16.9 Å². The van der Waals surface area contributed by atoms with Crippen LogP contribution in [0.3, 0.4) is 0 Å². The van der Waals surface area contributed by atoms with Crippen LogP contribution in [0.1, 0.15) is 25.0 Å². The first kappa shape index (κ1) is 21.8. The van der Waals surface area contributed by atoms with Gasteiger partial charge in [0.2, 0.25) is 0 Å². The van der Waals surface area contributed by atoms with Gasteiger partial charge in [0.1, 0.15) is 39.2 Å². The van der Waals surface area contributed by atoms with Crippen molar-refractivity contribution in [1.82, 2.24) is 0 Å². The maximum atomic E-state index is 6.20. The van der Waals surface area contributed by atoms with Gasteiger partial charge >= 0.3 is 0 Å². The summed E-state index contributed by atoms with van der Waals surface area (Å²) >= 11 is 0. The highest BCUT2D eigenvalue weighted by atomic mass is 14.9. The Balaban J connectivity index is 1.46. The van der Waals surface area contributed by atoms with Gasteiger partial charge in [-0.05, 0) is 57.6 Å². The Morgan fingerprint density at radius 1 is 0.576 bits per heavy atom. The van der Waals surface area contributed by atoms with Crippen LogP contribution < -0.4 is 32.6 Å². The normalized spacial score (nSPS) is 13.4. The lowest BCUT2D eigenvalue weighted by Crippen LogP contribution is -2.55. The van der Waals surface area contributed by atoms with Crippen LogP contribution in [-0.4, -0.2) is 39.2 Å². The molecule has 0 saturated carbocycles. The molecule has 0 aromatic heterocycles. The van der Waals surface area contributed by atoms with Gasteiger partial charge in [-0.3, -0.25) is 0 Å². The topological polar surface area (TPSA) is 12.0 Å². The number of rotatable bonds is 3. The van der Waals surface area contributed by atoms with Gasteiger partial charge in [0.25, 0.3) is 0 Å². The minimum atomic E-state index is -0.0441. The Labute approximate surface area is 202 Å². The van der Waals surface area contributed by atoms with Crippen LogP contribution in [0.2, 0.25) is 0 Å². The third kappa shape index (κ3) is 3.39. The smallest absolute Gasteiger partial charge is 0.113 e. The maximum absolute atomic E-state index is 6.20. The number of anilines is 2. The molecule has 0 saturated heterocycles. The molecule has 0 bridgehead atoms. The Morgan fingerprint density at radius 3 is 1.79 bits per heavy atom. The minimum Gasteiger partial charge on any atom is -0.356 e. The summed E-state index contributed by atoms with van der Waals surface area (Å²) < 4.78 is 0. The van der Waals surface area contributed by atoms with E-state index in [1.54, 1.807) is 0 Å². The zero-order valence-corrected chi connectivity index (χ0v) is 18.7. The van der Waals surface area contributed by atoms with Gasteiger partial charge in [0.05, 0.1) is 0 Å². The molecule has 1 aliphatic rings. The molecule has 6 heteroatoms. The molecule has 1 N–H and O–H groups in total. The van der Waals surface area contributed by atoms with Crippen molar-refractivity contribution in [2.75, 3.05) is 5.32 Å². The quantitative estimate of drug-likeness (QED) is 0.503. The predicted molar refractivity (Wildman–Crippen MR) is 146 cm³/mol. The summed E-state index contributed by atoms with van der Waals surface area (Å²) in [6.07, 6.45) is 0. The molecule has 4 aromatic carbocycles. The van der Waals surface area contributed by atoms with E-state index in [-0.39, 0.29) is 21.8 Å². The molecule has 1 aliphatic carbocycles. The molecular formula is C27H18B5N. The fraction of sp³-hybridized carbons (Fsp3) is 0.111. The second-order valence-corrected chi connectivity index (χ2v) is 9.08. The molecule has 0 unspecified atom stereocenters. The summed E-state index contributed by atoms with van der Waals surface area (Å²) in [6, 6.07) is 23.0. The third-order valence-corrected chi connectivity index (χ3v) is 6.75. The maximum Gasteiger partial charge on any atom is 0.113 e. The first-order valence-electron chi connectivity index (χ1n) is 10.8. The molecule has 146 valence electrons. The van der Waals surface area contributed by atoms with Crippen molar-refractivity contribution >= 4 is 77.9 Å². The summed E-state index contributed by atoms with van der Waals surface area (Å²) in [5, 5.41) is 3.51.